The Kier molecular flexibility index (Phi) is 8.68. The summed E-state index contributed by atoms with van der Waals surface area (Å²) in [5, 5.41) is 0. The highest BCUT2D eigenvalue weighted by Gasteiger charge is 2.48. The first-order valence-corrected chi connectivity index (χ1v) is 10.1. The average Bonchev–Trinajstić information content (AvgIpc) is 3.20. The Morgan fingerprint density at radius 3 is 2.40 bits per heavy atom. The Labute approximate surface area is 190 Å². The van der Waals surface area contributed by atoms with Gasteiger partial charge < -0.3 is 10.6 Å². The van der Waals surface area contributed by atoms with Crippen LogP contribution in [0.15, 0.2) is 48.5 Å². The maximum atomic E-state index is 13.8. The van der Waals surface area contributed by atoms with E-state index < -0.39 is 0 Å². The van der Waals surface area contributed by atoms with E-state index >= 15 is 0 Å². The number of nitrogens with two attached hydrogens (primary N) is 1. The third-order valence-electron chi connectivity index (χ3n) is 6.20. The van der Waals surface area contributed by atoms with Crippen LogP contribution in [0.25, 0.3) is 0 Å². The van der Waals surface area contributed by atoms with Gasteiger partial charge in [-0.15, -0.1) is 24.8 Å². The summed E-state index contributed by atoms with van der Waals surface area (Å²) in [5.74, 6) is 0.624. The van der Waals surface area contributed by atoms with Gasteiger partial charge in [-0.3, -0.25) is 9.69 Å². The summed E-state index contributed by atoms with van der Waals surface area (Å²) in [4.78, 5) is 16.6. The van der Waals surface area contributed by atoms with Gasteiger partial charge in [0.25, 0.3) is 0 Å². The van der Waals surface area contributed by atoms with Crippen molar-refractivity contribution in [1.29, 1.82) is 0 Å². The van der Waals surface area contributed by atoms with E-state index in [0.717, 1.165) is 38.2 Å². The highest BCUT2D eigenvalue weighted by atomic mass is 35.5. The first-order chi connectivity index (χ1) is 13.5. The van der Waals surface area contributed by atoms with E-state index in [0.29, 0.717) is 18.4 Å². The van der Waals surface area contributed by atoms with Crippen molar-refractivity contribution in [2.45, 2.75) is 25.9 Å². The number of rotatable bonds is 5. The molecule has 2 N–H and O–H groups in total. The van der Waals surface area contributed by atoms with Gasteiger partial charge in [0.15, 0.2) is 0 Å². The minimum atomic E-state index is -0.239. The summed E-state index contributed by atoms with van der Waals surface area (Å²) in [5.41, 5.74) is 9.11. The van der Waals surface area contributed by atoms with E-state index in [-0.39, 0.29) is 42.6 Å². The van der Waals surface area contributed by atoms with Gasteiger partial charge in [0.05, 0.1) is 6.04 Å². The van der Waals surface area contributed by atoms with E-state index in [4.69, 9.17) is 5.73 Å². The van der Waals surface area contributed by atoms with Gasteiger partial charge in [0, 0.05) is 39.0 Å². The van der Waals surface area contributed by atoms with Crippen LogP contribution in [0.1, 0.15) is 29.7 Å². The van der Waals surface area contributed by atoms with Crippen LogP contribution in [0.5, 0.6) is 0 Å². The van der Waals surface area contributed by atoms with Crippen LogP contribution in [0, 0.1) is 17.7 Å². The molecule has 2 fully saturated rings. The summed E-state index contributed by atoms with van der Waals surface area (Å²) in [7, 11) is 0. The minimum absolute atomic E-state index is 0. The smallest absolute Gasteiger partial charge is 0.219 e. The highest BCUT2D eigenvalue weighted by Crippen LogP contribution is 2.45. The molecule has 2 aliphatic heterocycles. The lowest BCUT2D eigenvalue weighted by Crippen LogP contribution is -2.34. The van der Waals surface area contributed by atoms with E-state index in [1.165, 1.54) is 17.2 Å². The van der Waals surface area contributed by atoms with Gasteiger partial charge in [-0.05, 0) is 47.7 Å². The molecule has 2 aromatic rings. The van der Waals surface area contributed by atoms with Crippen LogP contribution in [-0.4, -0.2) is 41.9 Å². The second kappa shape index (κ2) is 10.6. The van der Waals surface area contributed by atoms with Gasteiger partial charge in [0.1, 0.15) is 5.82 Å². The van der Waals surface area contributed by atoms with E-state index in [2.05, 4.69) is 29.2 Å². The number of hydrogen-bond acceptors (Lipinski definition) is 3. The summed E-state index contributed by atoms with van der Waals surface area (Å²) < 4.78 is 13.8. The molecule has 0 unspecified atom stereocenters. The fourth-order valence-corrected chi connectivity index (χ4v) is 4.94. The number of benzene rings is 2. The van der Waals surface area contributed by atoms with E-state index in [9.17, 15) is 9.18 Å². The number of amides is 1. The zero-order chi connectivity index (χ0) is 19.7. The SMILES string of the molecule is CC(=O)N1C[C@H]2CN(Cc3ccc(CCN)cc3)C[C@H]2[C@@H]1c1cccc(F)c1.Cl.Cl. The largest absolute Gasteiger partial charge is 0.335 e. The minimum Gasteiger partial charge on any atom is -0.335 e. The highest BCUT2D eigenvalue weighted by molar-refractivity contribution is 5.85. The third kappa shape index (κ3) is 5.14. The number of hydrogen-bond donors (Lipinski definition) is 1. The second-order valence-corrected chi connectivity index (χ2v) is 8.14. The number of carbonyl (C=O) groups is 1. The van der Waals surface area contributed by atoms with E-state index in [1.54, 1.807) is 19.1 Å². The maximum absolute atomic E-state index is 13.8. The van der Waals surface area contributed by atoms with Crippen LogP contribution in [0.2, 0.25) is 0 Å². The Morgan fingerprint density at radius 2 is 1.77 bits per heavy atom. The Bertz CT molecular complexity index is 849. The quantitative estimate of drug-likeness (QED) is 0.748. The van der Waals surface area contributed by atoms with Crippen molar-refractivity contribution >= 4 is 30.7 Å². The standard InChI is InChI=1S/C23H28FN3O.2ClH/c1-16(28)27-14-20-13-26(12-18-7-5-17(6-8-18)9-10-25)15-22(20)23(27)19-3-2-4-21(24)11-19;;/h2-8,11,20,22-23H,9-10,12-15,25H2,1H3;2*1H/t20-,22-,23+;;/m1../s1. The molecule has 1 amide bonds. The maximum Gasteiger partial charge on any atom is 0.219 e. The molecule has 0 saturated carbocycles. The molecule has 164 valence electrons. The summed E-state index contributed by atoms with van der Waals surface area (Å²) in [6.45, 7) is 5.86. The molecule has 0 bridgehead atoms. The van der Waals surface area contributed by atoms with Crippen molar-refractivity contribution in [3.8, 4) is 0 Å². The zero-order valence-electron chi connectivity index (χ0n) is 17.2. The molecule has 4 rings (SSSR count). The molecule has 30 heavy (non-hydrogen) atoms. The predicted octanol–water partition coefficient (Wildman–Crippen LogP) is 3.82. The lowest BCUT2D eigenvalue weighted by Gasteiger charge is -2.29. The summed E-state index contributed by atoms with van der Waals surface area (Å²) in [6.07, 6.45) is 0.907. The fourth-order valence-electron chi connectivity index (χ4n) is 4.94. The first-order valence-electron chi connectivity index (χ1n) is 10.1. The predicted molar refractivity (Wildman–Crippen MR) is 122 cm³/mol. The second-order valence-electron chi connectivity index (χ2n) is 8.14. The fraction of sp³-hybridized carbons (Fsp3) is 0.435. The van der Waals surface area contributed by atoms with Crippen LogP contribution in [-0.2, 0) is 17.8 Å². The van der Waals surface area contributed by atoms with Crippen LogP contribution in [0.3, 0.4) is 0 Å². The molecule has 2 saturated heterocycles. The van der Waals surface area contributed by atoms with Crippen molar-refractivity contribution in [1.82, 2.24) is 9.80 Å². The normalized spacial score (nSPS) is 22.9. The lowest BCUT2D eigenvalue weighted by molar-refractivity contribution is -0.130. The number of nitrogens with zero attached hydrogens (tertiary/aromatic N) is 2. The molecular weight excluding hydrogens is 424 g/mol. The number of carbonyl (C=O) groups excluding carboxylic acids is 1. The number of likely N-dealkylation sites (tertiary alicyclic amines) is 2. The van der Waals surface area contributed by atoms with Crippen molar-refractivity contribution in [2.75, 3.05) is 26.2 Å². The average molecular weight is 454 g/mol. The van der Waals surface area contributed by atoms with Crippen LogP contribution in [0.4, 0.5) is 4.39 Å². The monoisotopic (exact) mass is 453 g/mol. The topological polar surface area (TPSA) is 49.6 Å². The molecule has 3 atom stereocenters. The summed E-state index contributed by atoms with van der Waals surface area (Å²) >= 11 is 0. The Balaban J connectivity index is 0.00000160. The molecule has 0 aliphatic carbocycles. The van der Waals surface area contributed by atoms with Crippen molar-refractivity contribution in [3.05, 3.63) is 71.0 Å². The van der Waals surface area contributed by atoms with Crippen LogP contribution >= 0.6 is 24.8 Å². The van der Waals surface area contributed by atoms with Crippen LogP contribution < -0.4 is 5.73 Å². The molecule has 7 heteroatoms. The third-order valence-corrected chi connectivity index (χ3v) is 6.20. The summed E-state index contributed by atoms with van der Waals surface area (Å²) in [6, 6.07) is 15.4. The molecule has 2 aromatic carbocycles. The Hall–Kier alpha value is -1.66. The molecule has 2 heterocycles. The number of halogens is 3. The molecule has 0 aromatic heterocycles. The van der Waals surface area contributed by atoms with Gasteiger partial charge in [0.2, 0.25) is 5.91 Å². The lowest BCUT2D eigenvalue weighted by atomic mass is 9.89. The Morgan fingerprint density at radius 1 is 1.07 bits per heavy atom. The van der Waals surface area contributed by atoms with Crippen molar-refractivity contribution in [2.24, 2.45) is 17.6 Å². The van der Waals surface area contributed by atoms with E-state index in [1.807, 2.05) is 11.0 Å². The molecule has 0 radical (unpaired) electrons. The molecule has 0 spiro atoms. The van der Waals surface area contributed by atoms with Gasteiger partial charge in [-0.25, -0.2) is 4.39 Å². The molecular formula is C23H30Cl2FN3O. The van der Waals surface area contributed by atoms with Gasteiger partial charge >= 0.3 is 0 Å². The molecule has 4 nitrogen and oxygen atoms in total. The van der Waals surface area contributed by atoms with Crippen molar-refractivity contribution < 1.29 is 9.18 Å². The van der Waals surface area contributed by atoms with Gasteiger partial charge in [-0.1, -0.05) is 36.4 Å². The van der Waals surface area contributed by atoms with Crippen molar-refractivity contribution in [3.63, 3.8) is 0 Å². The zero-order valence-corrected chi connectivity index (χ0v) is 18.8. The number of fused-ring (bicyclic) bond motifs is 1. The molecule has 2 aliphatic rings. The first kappa shape index (κ1) is 24.6. The van der Waals surface area contributed by atoms with Gasteiger partial charge in [-0.2, -0.15) is 0 Å².